The fourth-order valence-electron chi connectivity index (χ4n) is 2.92. The molecule has 1 aromatic heterocycles. The molecular weight excluding hydrogens is 400 g/mol. The van der Waals surface area contributed by atoms with Crippen LogP contribution in [0.25, 0.3) is 10.2 Å². The van der Waals surface area contributed by atoms with Crippen LogP contribution in [0.1, 0.15) is 26.3 Å². The molecule has 1 amide bonds. The van der Waals surface area contributed by atoms with Gasteiger partial charge in [0.25, 0.3) is 5.91 Å². The zero-order valence-electron chi connectivity index (χ0n) is 15.7. The van der Waals surface area contributed by atoms with E-state index in [0.717, 1.165) is 10.2 Å². The van der Waals surface area contributed by atoms with Gasteiger partial charge in [0.05, 0.1) is 27.0 Å². The van der Waals surface area contributed by atoms with Crippen molar-refractivity contribution in [2.75, 3.05) is 11.9 Å². The maximum Gasteiger partial charge on any atom is 0.338 e. The molecule has 1 heterocycles. The largest absolute Gasteiger partial charge is 0.452 e. The van der Waals surface area contributed by atoms with Crippen LogP contribution in [0.5, 0.6) is 0 Å². The lowest BCUT2D eigenvalue weighted by molar-refractivity contribution is -0.119. The van der Waals surface area contributed by atoms with E-state index in [0.29, 0.717) is 22.4 Å². The van der Waals surface area contributed by atoms with Crippen molar-refractivity contribution in [1.82, 2.24) is 4.98 Å². The number of nitrogens with zero attached hydrogens (tertiary/aromatic N) is 1. The molecule has 0 saturated carbocycles. The number of carbonyl (C=O) groups is 3. The zero-order chi connectivity index (χ0) is 20.9. The highest BCUT2D eigenvalue weighted by Gasteiger charge is 2.16. The number of benzene rings is 3. The highest BCUT2D eigenvalue weighted by Crippen LogP contribution is 2.21. The van der Waals surface area contributed by atoms with Gasteiger partial charge in [0.1, 0.15) is 0 Å². The first kappa shape index (κ1) is 19.5. The van der Waals surface area contributed by atoms with Crippen LogP contribution in [0.15, 0.2) is 78.3 Å². The highest BCUT2D eigenvalue weighted by molar-refractivity contribution is 7.16. The average molecular weight is 416 g/mol. The van der Waals surface area contributed by atoms with Crippen molar-refractivity contribution >= 4 is 44.9 Å². The van der Waals surface area contributed by atoms with E-state index >= 15 is 0 Å². The van der Waals surface area contributed by atoms with Gasteiger partial charge in [-0.3, -0.25) is 9.59 Å². The van der Waals surface area contributed by atoms with Gasteiger partial charge < -0.3 is 10.1 Å². The van der Waals surface area contributed by atoms with Gasteiger partial charge in [0.15, 0.2) is 12.4 Å². The van der Waals surface area contributed by atoms with Crippen molar-refractivity contribution in [3.05, 3.63) is 95.0 Å². The van der Waals surface area contributed by atoms with Crippen LogP contribution in [0, 0.1) is 0 Å². The Bertz CT molecular complexity index is 1230. The summed E-state index contributed by atoms with van der Waals surface area (Å²) in [6.07, 6.45) is 0. The number of aromatic nitrogens is 1. The summed E-state index contributed by atoms with van der Waals surface area (Å²) < 4.78 is 5.98. The molecule has 30 heavy (non-hydrogen) atoms. The number of amides is 1. The monoisotopic (exact) mass is 416 g/mol. The highest BCUT2D eigenvalue weighted by atomic mass is 32.1. The van der Waals surface area contributed by atoms with Crippen molar-refractivity contribution in [1.29, 1.82) is 0 Å². The summed E-state index contributed by atoms with van der Waals surface area (Å²) in [5, 5.41) is 2.65. The summed E-state index contributed by atoms with van der Waals surface area (Å²) in [7, 11) is 0. The molecule has 4 rings (SSSR count). The number of thiazole rings is 1. The van der Waals surface area contributed by atoms with Crippen LogP contribution in [-0.4, -0.2) is 29.3 Å². The molecule has 0 spiro atoms. The van der Waals surface area contributed by atoms with Gasteiger partial charge in [0, 0.05) is 11.1 Å². The fourth-order valence-corrected chi connectivity index (χ4v) is 3.63. The minimum Gasteiger partial charge on any atom is -0.452 e. The van der Waals surface area contributed by atoms with Crippen molar-refractivity contribution in [3.8, 4) is 0 Å². The second-order valence-electron chi connectivity index (χ2n) is 6.40. The van der Waals surface area contributed by atoms with E-state index in [-0.39, 0.29) is 5.78 Å². The smallest absolute Gasteiger partial charge is 0.338 e. The summed E-state index contributed by atoms with van der Waals surface area (Å²) in [4.78, 5) is 41.5. The van der Waals surface area contributed by atoms with Crippen molar-refractivity contribution in [2.45, 2.75) is 0 Å². The quantitative estimate of drug-likeness (QED) is 0.374. The second-order valence-corrected chi connectivity index (χ2v) is 7.29. The van der Waals surface area contributed by atoms with Crippen LogP contribution < -0.4 is 5.32 Å². The number of ketones is 1. The Kier molecular flexibility index (Phi) is 5.63. The third-order valence-electron chi connectivity index (χ3n) is 4.38. The van der Waals surface area contributed by atoms with Crippen LogP contribution in [-0.2, 0) is 9.53 Å². The Labute approximate surface area is 176 Å². The van der Waals surface area contributed by atoms with Crippen LogP contribution >= 0.6 is 11.3 Å². The van der Waals surface area contributed by atoms with Gasteiger partial charge in [0.2, 0.25) is 0 Å². The summed E-state index contributed by atoms with van der Waals surface area (Å²) in [5.74, 6) is -1.34. The predicted octanol–water partition coefficient (Wildman–Crippen LogP) is 4.32. The Morgan fingerprint density at radius 2 is 1.67 bits per heavy atom. The Morgan fingerprint density at radius 1 is 0.900 bits per heavy atom. The first-order valence-electron chi connectivity index (χ1n) is 9.11. The predicted molar refractivity (Wildman–Crippen MR) is 115 cm³/mol. The lowest BCUT2D eigenvalue weighted by Crippen LogP contribution is -2.22. The summed E-state index contributed by atoms with van der Waals surface area (Å²) in [6, 6.07) is 20.5. The van der Waals surface area contributed by atoms with Crippen molar-refractivity contribution in [3.63, 3.8) is 0 Å². The van der Waals surface area contributed by atoms with Crippen molar-refractivity contribution in [2.24, 2.45) is 0 Å². The van der Waals surface area contributed by atoms with E-state index in [2.05, 4.69) is 10.3 Å². The van der Waals surface area contributed by atoms with Crippen LogP contribution in [0.2, 0.25) is 0 Å². The normalized spacial score (nSPS) is 10.5. The number of fused-ring (bicyclic) bond motifs is 1. The molecule has 0 radical (unpaired) electrons. The van der Waals surface area contributed by atoms with Crippen LogP contribution in [0.3, 0.4) is 0 Å². The van der Waals surface area contributed by atoms with Gasteiger partial charge in [-0.25, -0.2) is 9.78 Å². The number of ether oxygens (including phenoxy) is 1. The molecule has 0 bridgehead atoms. The minimum atomic E-state index is -0.603. The van der Waals surface area contributed by atoms with E-state index in [4.69, 9.17) is 4.74 Å². The summed E-state index contributed by atoms with van der Waals surface area (Å²) in [6.45, 7) is -0.465. The van der Waals surface area contributed by atoms with E-state index < -0.39 is 18.5 Å². The van der Waals surface area contributed by atoms with Crippen LogP contribution in [0.4, 0.5) is 5.69 Å². The van der Waals surface area contributed by atoms with Gasteiger partial charge in [-0.1, -0.05) is 42.5 Å². The summed E-state index contributed by atoms with van der Waals surface area (Å²) >= 11 is 1.42. The molecule has 148 valence electrons. The van der Waals surface area contributed by atoms with Gasteiger partial charge in [-0.2, -0.15) is 0 Å². The molecule has 0 fully saturated rings. The molecule has 0 aliphatic carbocycles. The number of carbonyl (C=O) groups excluding carboxylic acids is 3. The molecule has 6 nitrogen and oxygen atoms in total. The Hall–Kier alpha value is -3.84. The first-order valence-corrected chi connectivity index (χ1v) is 9.99. The average Bonchev–Trinajstić information content (AvgIpc) is 3.26. The zero-order valence-corrected chi connectivity index (χ0v) is 16.5. The topological polar surface area (TPSA) is 85.4 Å². The lowest BCUT2D eigenvalue weighted by atomic mass is 10.0. The van der Waals surface area contributed by atoms with E-state index in [1.165, 1.54) is 11.3 Å². The standard InChI is InChI=1S/C23H16N2O4S/c26-21(13-29-23(28)16-10-11-19-20(12-16)30-14-24-19)25-18-9-5-4-8-17(18)22(27)15-6-2-1-3-7-15/h1-12,14H,13H2,(H,25,26). The minimum absolute atomic E-state index is 0.207. The number of rotatable bonds is 6. The van der Waals surface area contributed by atoms with Gasteiger partial charge in [-0.15, -0.1) is 11.3 Å². The third-order valence-corrected chi connectivity index (χ3v) is 5.17. The molecule has 7 heteroatoms. The molecule has 1 N–H and O–H groups in total. The number of anilines is 1. The van der Waals surface area contributed by atoms with E-state index in [1.807, 2.05) is 6.07 Å². The molecule has 0 aliphatic heterocycles. The number of nitrogens with one attached hydrogen (secondary N) is 1. The second kappa shape index (κ2) is 8.67. The number of hydrogen-bond acceptors (Lipinski definition) is 6. The maximum atomic E-state index is 12.7. The Balaban J connectivity index is 1.42. The maximum absolute atomic E-state index is 12.7. The molecule has 0 atom stereocenters. The molecular formula is C23H16N2O4S. The summed E-state index contributed by atoms with van der Waals surface area (Å²) in [5.41, 5.74) is 4.08. The molecule has 0 saturated heterocycles. The SMILES string of the molecule is O=C(COC(=O)c1ccc2ncsc2c1)Nc1ccccc1C(=O)c1ccccc1. The third kappa shape index (κ3) is 4.26. The Morgan fingerprint density at radius 3 is 2.50 bits per heavy atom. The lowest BCUT2D eigenvalue weighted by Gasteiger charge is -2.11. The van der Waals surface area contributed by atoms with Crippen molar-refractivity contribution < 1.29 is 19.1 Å². The number of para-hydroxylation sites is 1. The van der Waals surface area contributed by atoms with Gasteiger partial charge in [-0.05, 0) is 30.3 Å². The van der Waals surface area contributed by atoms with Gasteiger partial charge >= 0.3 is 5.97 Å². The molecule has 0 unspecified atom stereocenters. The molecule has 0 aliphatic rings. The first-order chi connectivity index (χ1) is 14.6. The van der Waals surface area contributed by atoms with E-state index in [9.17, 15) is 14.4 Å². The molecule has 3 aromatic carbocycles. The fraction of sp³-hybridized carbons (Fsp3) is 0.0435. The van der Waals surface area contributed by atoms with E-state index in [1.54, 1.807) is 72.2 Å². The molecule has 4 aromatic rings. The number of esters is 1. The number of hydrogen-bond donors (Lipinski definition) is 1.